The third-order valence-corrected chi connectivity index (χ3v) is 4.17. The molecule has 1 atom stereocenters. The number of ether oxygens (including phenoxy) is 1. The summed E-state index contributed by atoms with van der Waals surface area (Å²) in [4.78, 5) is 28.6. The summed E-state index contributed by atoms with van der Waals surface area (Å²) in [7, 11) is 0. The molecule has 1 aliphatic rings. The maximum atomic E-state index is 14.1. The molecule has 9 heteroatoms. The minimum atomic E-state index is -2.37. The Kier molecular flexibility index (Phi) is 4.88. The zero-order chi connectivity index (χ0) is 18.7. The van der Waals surface area contributed by atoms with E-state index in [0.29, 0.717) is 29.4 Å². The number of nitrogens with zero attached hydrogens (tertiary/aromatic N) is 3. The quantitative estimate of drug-likeness (QED) is 0.835. The van der Waals surface area contributed by atoms with Crippen molar-refractivity contribution in [1.82, 2.24) is 15.0 Å². The molecule has 0 bridgehead atoms. The molecule has 1 aliphatic heterocycles. The van der Waals surface area contributed by atoms with E-state index >= 15 is 0 Å². The van der Waals surface area contributed by atoms with E-state index in [0.717, 1.165) is 0 Å². The number of hydrogen-bond donors (Lipinski definition) is 1. The first-order valence-electron chi connectivity index (χ1n) is 8.17. The van der Waals surface area contributed by atoms with E-state index in [1.165, 1.54) is 4.90 Å². The van der Waals surface area contributed by atoms with Crippen LogP contribution in [0, 0.1) is 0 Å². The van der Waals surface area contributed by atoms with Crippen LogP contribution in [-0.4, -0.2) is 50.8 Å². The van der Waals surface area contributed by atoms with Gasteiger partial charge in [-0.3, -0.25) is 4.79 Å². The SMILES string of the molecule is CCc1nc(COc2ccc(C(=O)N3CCC(F)(C(=O)O)C3)cc2)no1. The number of carboxylic acids is 1. The Morgan fingerprint density at radius 2 is 2.12 bits per heavy atom. The molecule has 1 N–H and O–H groups in total. The van der Waals surface area contributed by atoms with Gasteiger partial charge in [0.25, 0.3) is 5.91 Å². The number of aryl methyl sites for hydroxylation is 1. The molecule has 1 unspecified atom stereocenters. The molecule has 0 radical (unpaired) electrons. The lowest BCUT2D eigenvalue weighted by Gasteiger charge is -2.18. The van der Waals surface area contributed by atoms with Crippen molar-refractivity contribution in [2.24, 2.45) is 0 Å². The summed E-state index contributed by atoms with van der Waals surface area (Å²) >= 11 is 0. The third kappa shape index (κ3) is 3.66. The van der Waals surface area contributed by atoms with Gasteiger partial charge in [0.2, 0.25) is 17.4 Å². The topological polar surface area (TPSA) is 106 Å². The number of likely N-dealkylation sites (tertiary alicyclic amines) is 1. The number of rotatable bonds is 6. The maximum Gasteiger partial charge on any atom is 0.343 e. The summed E-state index contributed by atoms with van der Waals surface area (Å²) in [6.45, 7) is 1.65. The number of alkyl halides is 1. The first-order valence-corrected chi connectivity index (χ1v) is 8.17. The van der Waals surface area contributed by atoms with Crippen molar-refractivity contribution in [2.75, 3.05) is 13.1 Å². The predicted molar refractivity (Wildman–Crippen MR) is 86.4 cm³/mol. The lowest BCUT2D eigenvalue weighted by molar-refractivity contribution is -0.149. The van der Waals surface area contributed by atoms with Crippen LogP contribution in [0.3, 0.4) is 0 Å². The normalized spacial score (nSPS) is 19.5. The average molecular weight is 363 g/mol. The van der Waals surface area contributed by atoms with Gasteiger partial charge in [-0.25, -0.2) is 9.18 Å². The molecule has 0 spiro atoms. The van der Waals surface area contributed by atoms with Gasteiger partial charge in [-0.15, -0.1) is 0 Å². The van der Waals surface area contributed by atoms with Crippen molar-refractivity contribution >= 4 is 11.9 Å². The highest BCUT2D eigenvalue weighted by molar-refractivity contribution is 5.95. The van der Waals surface area contributed by atoms with Crippen LogP contribution in [0.1, 0.15) is 35.4 Å². The number of halogens is 1. The fourth-order valence-corrected chi connectivity index (χ4v) is 2.64. The smallest absolute Gasteiger partial charge is 0.343 e. The van der Waals surface area contributed by atoms with Crippen molar-refractivity contribution in [3.63, 3.8) is 0 Å². The van der Waals surface area contributed by atoms with Gasteiger partial charge in [-0.05, 0) is 24.3 Å². The summed E-state index contributed by atoms with van der Waals surface area (Å²) in [6.07, 6.45) is 0.433. The highest BCUT2D eigenvalue weighted by atomic mass is 19.1. The van der Waals surface area contributed by atoms with Gasteiger partial charge in [-0.1, -0.05) is 12.1 Å². The van der Waals surface area contributed by atoms with Gasteiger partial charge in [0.15, 0.2) is 6.61 Å². The second-order valence-electron chi connectivity index (χ2n) is 6.02. The molecule has 2 heterocycles. The van der Waals surface area contributed by atoms with Gasteiger partial charge >= 0.3 is 5.97 Å². The summed E-state index contributed by atoms with van der Waals surface area (Å²) in [5.41, 5.74) is -2.04. The molecule has 8 nitrogen and oxygen atoms in total. The molecule has 1 aromatic carbocycles. The number of carbonyl (C=O) groups excluding carboxylic acids is 1. The van der Waals surface area contributed by atoms with Crippen molar-refractivity contribution in [3.8, 4) is 5.75 Å². The molecule has 0 saturated carbocycles. The number of amides is 1. The van der Waals surface area contributed by atoms with Crippen LogP contribution in [0.4, 0.5) is 4.39 Å². The average Bonchev–Trinajstić information content (AvgIpc) is 3.27. The molecule has 0 aliphatic carbocycles. The van der Waals surface area contributed by atoms with Gasteiger partial charge < -0.3 is 19.3 Å². The van der Waals surface area contributed by atoms with E-state index in [9.17, 15) is 14.0 Å². The maximum absolute atomic E-state index is 14.1. The van der Waals surface area contributed by atoms with Crippen LogP contribution >= 0.6 is 0 Å². The fourth-order valence-electron chi connectivity index (χ4n) is 2.64. The van der Waals surface area contributed by atoms with Crippen molar-refractivity contribution in [1.29, 1.82) is 0 Å². The Morgan fingerprint density at radius 1 is 1.38 bits per heavy atom. The second kappa shape index (κ2) is 7.11. The van der Waals surface area contributed by atoms with E-state index in [4.69, 9.17) is 14.4 Å². The van der Waals surface area contributed by atoms with Crippen molar-refractivity contribution < 1.29 is 28.3 Å². The van der Waals surface area contributed by atoms with Gasteiger partial charge in [0.1, 0.15) is 5.75 Å². The highest BCUT2D eigenvalue weighted by Crippen LogP contribution is 2.27. The van der Waals surface area contributed by atoms with Crippen LogP contribution in [0.2, 0.25) is 0 Å². The van der Waals surface area contributed by atoms with Gasteiger partial charge in [-0.2, -0.15) is 4.98 Å². The number of carboxylic acid groups (broad SMARTS) is 1. The number of hydrogen-bond acceptors (Lipinski definition) is 6. The molecule has 2 aromatic rings. The molecule has 1 fully saturated rings. The monoisotopic (exact) mass is 363 g/mol. The third-order valence-electron chi connectivity index (χ3n) is 4.17. The minimum absolute atomic E-state index is 0.0669. The first-order chi connectivity index (χ1) is 12.4. The molecular formula is C17H18FN3O5. The van der Waals surface area contributed by atoms with Crippen molar-refractivity contribution in [3.05, 3.63) is 41.5 Å². The van der Waals surface area contributed by atoms with Gasteiger partial charge in [0.05, 0.1) is 6.54 Å². The Bertz CT molecular complexity index is 807. The number of aromatic nitrogens is 2. The zero-order valence-electron chi connectivity index (χ0n) is 14.1. The lowest BCUT2D eigenvalue weighted by atomic mass is 10.1. The molecule has 138 valence electrons. The zero-order valence-corrected chi connectivity index (χ0v) is 14.1. The summed E-state index contributed by atoms with van der Waals surface area (Å²) in [5.74, 6) is -0.490. The Balaban J connectivity index is 1.59. The fraction of sp³-hybridized carbons (Fsp3) is 0.412. The van der Waals surface area contributed by atoms with Crippen molar-refractivity contribution in [2.45, 2.75) is 32.0 Å². The summed E-state index contributed by atoms with van der Waals surface area (Å²) in [5, 5.41) is 12.7. The van der Waals surface area contributed by atoms with Crippen LogP contribution < -0.4 is 4.74 Å². The first kappa shape index (κ1) is 17.8. The molecule has 3 rings (SSSR count). The van der Waals surface area contributed by atoms with E-state index < -0.39 is 24.1 Å². The predicted octanol–water partition coefficient (Wildman–Crippen LogP) is 1.85. The van der Waals surface area contributed by atoms with Crippen LogP contribution in [0.25, 0.3) is 0 Å². The van der Waals surface area contributed by atoms with E-state index in [2.05, 4.69) is 10.1 Å². The second-order valence-corrected chi connectivity index (χ2v) is 6.02. The molecule has 1 saturated heterocycles. The van der Waals surface area contributed by atoms with Crippen LogP contribution in [0.5, 0.6) is 5.75 Å². The van der Waals surface area contributed by atoms with E-state index in [1.54, 1.807) is 24.3 Å². The Hall–Kier alpha value is -2.97. The molecule has 26 heavy (non-hydrogen) atoms. The lowest BCUT2D eigenvalue weighted by Crippen LogP contribution is -2.38. The van der Waals surface area contributed by atoms with Crippen LogP contribution in [0.15, 0.2) is 28.8 Å². The van der Waals surface area contributed by atoms with E-state index in [-0.39, 0.29) is 19.6 Å². The van der Waals surface area contributed by atoms with E-state index in [1.807, 2.05) is 6.92 Å². The Labute approximate surface area is 148 Å². The summed E-state index contributed by atoms with van der Waals surface area (Å²) in [6, 6.07) is 6.29. The number of benzene rings is 1. The number of aliphatic carboxylic acids is 1. The minimum Gasteiger partial charge on any atom is -0.485 e. The molecular weight excluding hydrogens is 345 g/mol. The van der Waals surface area contributed by atoms with Crippen LogP contribution in [-0.2, 0) is 17.8 Å². The summed E-state index contributed by atoms with van der Waals surface area (Å²) < 4.78 is 24.6. The molecule has 1 aromatic heterocycles. The highest BCUT2D eigenvalue weighted by Gasteiger charge is 2.46. The molecule has 1 amide bonds. The Morgan fingerprint density at radius 3 is 2.69 bits per heavy atom. The number of carbonyl (C=O) groups is 2. The standard InChI is InChI=1S/C17H18FN3O5/c1-2-14-19-13(20-26-14)9-25-12-5-3-11(4-6-12)15(22)21-8-7-17(18,10-21)16(23)24/h3-6H,2,7-10H2,1H3,(H,23,24). The largest absolute Gasteiger partial charge is 0.485 e. The van der Waals surface area contributed by atoms with Gasteiger partial charge in [0, 0.05) is 24.9 Å².